The smallest absolute Gasteiger partial charge is 0.248 e. The molecule has 9 heteroatoms. The van der Waals surface area contributed by atoms with E-state index in [0.717, 1.165) is 11.3 Å². The minimum atomic E-state index is -2.55. The van der Waals surface area contributed by atoms with Gasteiger partial charge in [-0.25, -0.2) is 8.78 Å². The number of fused-ring (bicyclic) bond motifs is 1. The molecule has 1 amide bonds. The zero-order chi connectivity index (χ0) is 22.7. The summed E-state index contributed by atoms with van der Waals surface area (Å²) in [5.41, 5.74) is 0.971. The predicted molar refractivity (Wildman–Crippen MR) is 113 cm³/mol. The van der Waals surface area contributed by atoms with Crippen LogP contribution in [-0.2, 0) is 20.8 Å². The van der Waals surface area contributed by atoms with Crippen LogP contribution in [0.3, 0.4) is 0 Å². The van der Waals surface area contributed by atoms with Crippen molar-refractivity contribution in [2.24, 2.45) is 0 Å². The molecular weight excluding hydrogens is 422 g/mol. The first-order chi connectivity index (χ1) is 15.3. The third-order valence-electron chi connectivity index (χ3n) is 6.66. The Kier molecular flexibility index (Phi) is 7.29. The zero-order valence-corrected chi connectivity index (χ0v) is 18.3. The summed E-state index contributed by atoms with van der Waals surface area (Å²) >= 11 is 0. The van der Waals surface area contributed by atoms with Crippen molar-refractivity contribution in [1.82, 2.24) is 10.6 Å². The molecule has 5 atom stereocenters. The maximum Gasteiger partial charge on any atom is 0.248 e. The Morgan fingerprint density at radius 1 is 1.22 bits per heavy atom. The zero-order valence-electron chi connectivity index (χ0n) is 18.3. The molecule has 2 heterocycles. The van der Waals surface area contributed by atoms with Crippen LogP contribution in [0.4, 0.5) is 8.78 Å². The van der Waals surface area contributed by atoms with Crippen molar-refractivity contribution in [1.29, 1.82) is 0 Å². The lowest BCUT2D eigenvalue weighted by atomic mass is 9.92. The molecule has 3 aliphatic rings. The van der Waals surface area contributed by atoms with Crippen LogP contribution in [0.5, 0.6) is 5.75 Å². The molecule has 1 aromatic rings. The fourth-order valence-corrected chi connectivity index (χ4v) is 4.76. The fourth-order valence-electron chi connectivity index (χ4n) is 4.76. The monoisotopic (exact) mass is 454 g/mol. The molecule has 0 unspecified atom stereocenters. The lowest BCUT2D eigenvalue weighted by Gasteiger charge is -2.30. The van der Waals surface area contributed by atoms with Gasteiger partial charge in [0, 0.05) is 38.4 Å². The number of hydrogen-bond acceptors (Lipinski definition) is 6. The Hall–Kier alpha value is -1.81. The SMILES string of the molecule is COc1ccc(CNC(=O)C[C@@H]2C[C@H]3O[C@H](CNC4CCC(F)(F)CC4)[C@@H](O)[C@H]3O2)cc1. The summed E-state index contributed by atoms with van der Waals surface area (Å²) in [7, 11) is 1.60. The van der Waals surface area contributed by atoms with E-state index in [9.17, 15) is 18.7 Å². The Labute approximate surface area is 186 Å². The number of aliphatic hydroxyl groups is 1. The summed E-state index contributed by atoms with van der Waals surface area (Å²) in [4.78, 5) is 12.3. The summed E-state index contributed by atoms with van der Waals surface area (Å²) in [5, 5.41) is 16.7. The number of hydrogen-bond donors (Lipinski definition) is 3. The number of ether oxygens (including phenoxy) is 3. The number of alkyl halides is 2. The first-order valence-corrected chi connectivity index (χ1v) is 11.3. The van der Waals surface area contributed by atoms with Crippen molar-refractivity contribution >= 4 is 5.91 Å². The lowest BCUT2D eigenvalue weighted by Crippen LogP contribution is -2.44. The molecule has 1 aromatic carbocycles. The number of amides is 1. The van der Waals surface area contributed by atoms with Gasteiger partial charge < -0.3 is 30.0 Å². The van der Waals surface area contributed by atoms with Gasteiger partial charge in [-0.05, 0) is 30.5 Å². The van der Waals surface area contributed by atoms with Gasteiger partial charge in [0.2, 0.25) is 11.8 Å². The van der Waals surface area contributed by atoms with Crippen LogP contribution < -0.4 is 15.4 Å². The number of nitrogens with one attached hydrogen (secondary N) is 2. The number of rotatable bonds is 8. The van der Waals surface area contributed by atoms with Crippen molar-refractivity contribution in [3.63, 3.8) is 0 Å². The molecule has 4 rings (SSSR count). The molecular formula is C23H32F2N2O5. The topological polar surface area (TPSA) is 89.1 Å². The van der Waals surface area contributed by atoms with Crippen LogP contribution in [0, 0.1) is 0 Å². The van der Waals surface area contributed by atoms with E-state index in [1.54, 1.807) is 7.11 Å². The summed E-state index contributed by atoms with van der Waals surface area (Å²) in [5.74, 6) is -1.91. The average Bonchev–Trinajstić information content (AvgIpc) is 3.30. The molecule has 178 valence electrons. The third-order valence-corrected chi connectivity index (χ3v) is 6.66. The number of carbonyl (C=O) groups is 1. The largest absolute Gasteiger partial charge is 0.497 e. The molecule has 0 aromatic heterocycles. The van der Waals surface area contributed by atoms with Gasteiger partial charge in [0.15, 0.2) is 0 Å². The van der Waals surface area contributed by atoms with Gasteiger partial charge in [-0.3, -0.25) is 4.79 Å². The first kappa shape index (κ1) is 23.4. The molecule has 32 heavy (non-hydrogen) atoms. The minimum absolute atomic E-state index is 0.0222. The Morgan fingerprint density at radius 2 is 1.94 bits per heavy atom. The molecule has 2 aliphatic heterocycles. The number of methoxy groups -OCH3 is 1. The normalized spacial score (nSPS) is 31.9. The maximum absolute atomic E-state index is 13.3. The number of aliphatic hydroxyl groups excluding tert-OH is 1. The summed E-state index contributed by atoms with van der Waals surface area (Å²) in [6.45, 7) is 0.823. The quantitative estimate of drug-likeness (QED) is 0.558. The summed E-state index contributed by atoms with van der Waals surface area (Å²) in [6.07, 6.45) is -0.858. The van der Waals surface area contributed by atoms with E-state index in [2.05, 4.69) is 10.6 Å². The highest BCUT2D eigenvalue weighted by molar-refractivity contribution is 5.76. The van der Waals surface area contributed by atoms with Gasteiger partial charge in [-0.15, -0.1) is 0 Å². The third kappa shape index (κ3) is 5.75. The molecule has 1 saturated carbocycles. The highest BCUT2D eigenvalue weighted by Crippen LogP contribution is 2.36. The van der Waals surface area contributed by atoms with E-state index in [0.29, 0.717) is 32.4 Å². The second-order valence-electron chi connectivity index (χ2n) is 9.03. The minimum Gasteiger partial charge on any atom is -0.497 e. The number of benzene rings is 1. The van der Waals surface area contributed by atoms with Gasteiger partial charge >= 0.3 is 0 Å². The molecule has 1 aliphatic carbocycles. The van der Waals surface area contributed by atoms with Gasteiger partial charge in [0.25, 0.3) is 0 Å². The van der Waals surface area contributed by atoms with E-state index >= 15 is 0 Å². The molecule has 0 bridgehead atoms. The number of halogens is 2. The van der Waals surface area contributed by atoms with Crippen LogP contribution >= 0.6 is 0 Å². The van der Waals surface area contributed by atoms with Crippen LogP contribution in [0.1, 0.15) is 44.1 Å². The highest BCUT2D eigenvalue weighted by Gasteiger charge is 2.50. The van der Waals surface area contributed by atoms with E-state index in [4.69, 9.17) is 14.2 Å². The van der Waals surface area contributed by atoms with Crippen molar-refractivity contribution in [2.45, 2.75) is 87.6 Å². The molecule has 3 N–H and O–H groups in total. The van der Waals surface area contributed by atoms with E-state index in [-0.39, 0.29) is 43.4 Å². The number of carbonyl (C=O) groups excluding carboxylic acids is 1. The lowest BCUT2D eigenvalue weighted by molar-refractivity contribution is -0.124. The van der Waals surface area contributed by atoms with Crippen LogP contribution in [0.25, 0.3) is 0 Å². The summed E-state index contributed by atoms with van der Waals surface area (Å²) in [6, 6.07) is 7.50. The van der Waals surface area contributed by atoms with Gasteiger partial charge in [-0.2, -0.15) is 0 Å². The van der Waals surface area contributed by atoms with Gasteiger partial charge in [0.05, 0.1) is 31.8 Å². The van der Waals surface area contributed by atoms with E-state index in [1.807, 2.05) is 24.3 Å². The van der Waals surface area contributed by atoms with Crippen molar-refractivity contribution in [2.75, 3.05) is 13.7 Å². The second-order valence-corrected chi connectivity index (χ2v) is 9.03. The van der Waals surface area contributed by atoms with Gasteiger partial charge in [0.1, 0.15) is 18.0 Å². The fraction of sp³-hybridized carbons (Fsp3) is 0.696. The predicted octanol–water partition coefficient (Wildman–Crippen LogP) is 2.15. The second kappa shape index (κ2) is 9.99. The van der Waals surface area contributed by atoms with E-state index < -0.39 is 24.2 Å². The van der Waals surface area contributed by atoms with Crippen LogP contribution in [0.2, 0.25) is 0 Å². The van der Waals surface area contributed by atoms with Gasteiger partial charge in [-0.1, -0.05) is 12.1 Å². The average molecular weight is 455 g/mol. The molecule has 2 saturated heterocycles. The molecule has 0 spiro atoms. The Bertz CT molecular complexity index is 768. The Morgan fingerprint density at radius 3 is 2.59 bits per heavy atom. The molecule has 7 nitrogen and oxygen atoms in total. The maximum atomic E-state index is 13.3. The first-order valence-electron chi connectivity index (χ1n) is 11.3. The van der Waals surface area contributed by atoms with E-state index in [1.165, 1.54) is 0 Å². The van der Waals surface area contributed by atoms with Crippen molar-refractivity contribution in [3.8, 4) is 5.75 Å². The van der Waals surface area contributed by atoms with Crippen LogP contribution in [0.15, 0.2) is 24.3 Å². The molecule has 3 fully saturated rings. The summed E-state index contributed by atoms with van der Waals surface area (Å²) < 4.78 is 43.6. The van der Waals surface area contributed by atoms with Crippen LogP contribution in [-0.4, -0.2) is 67.2 Å². The van der Waals surface area contributed by atoms with Crippen molar-refractivity contribution in [3.05, 3.63) is 29.8 Å². The molecule has 0 radical (unpaired) electrons. The van der Waals surface area contributed by atoms with Crippen molar-refractivity contribution < 1.29 is 32.9 Å². The standard InChI is InChI=1S/C23H32F2N2O5/c1-30-16-4-2-14(3-5-16)12-27-20(28)11-17-10-18-22(31-17)21(29)19(32-18)13-26-15-6-8-23(24,25)9-7-15/h2-5,15,17-19,21-22,26,29H,6-13H2,1H3,(H,27,28)/t17-,18+,19+,21+,22-/m0/s1. The Balaban J connectivity index is 1.16. The highest BCUT2D eigenvalue weighted by atomic mass is 19.3.